The number of nitrogens with zero attached hydrogens (tertiary/aromatic N) is 5. The monoisotopic (exact) mass is 544 g/mol. The van der Waals surface area contributed by atoms with Gasteiger partial charge in [0.15, 0.2) is 0 Å². The third kappa shape index (κ3) is 4.53. The molecule has 0 spiro atoms. The molecule has 3 aromatic heterocycles. The zero-order valence-corrected chi connectivity index (χ0v) is 21.3. The highest BCUT2D eigenvalue weighted by atomic mass is 35.5. The van der Waals surface area contributed by atoms with Gasteiger partial charge < -0.3 is 15.8 Å². The predicted molar refractivity (Wildman–Crippen MR) is 136 cm³/mol. The van der Waals surface area contributed by atoms with Gasteiger partial charge in [0, 0.05) is 60.4 Å². The van der Waals surface area contributed by atoms with Gasteiger partial charge in [-0.15, -0.1) is 11.3 Å². The zero-order chi connectivity index (χ0) is 25.4. The third-order valence-electron chi connectivity index (χ3n) is 5.94. The van der Waals surface area contributed by atoms with E-state index in [1.54, 1.807) is 47.4 Å². The van der Waals surface area contributed by atoms with Crippen molar-refractivity contribution in [1.82, 2.24) is 19.2 Å². The summed E-state index contributed by atoms with van der Waals surface area (Å²) in [6.07, 6.45) is 2.73. The van der Waals surface area contributed by atoms with Crippen molar-refractivity contribution in [1.29, 1.82) is 0 Å². The standard InChI is InChI=1S/C23H21ClN6O4S2/c24-17-5-4-15-10-21(35-20(15)11-17)36(33,34)29-8-6-28(7-9-29)23(31)16-13-26-22(27-14-16)19-3-1-2-18(12-25)30(19)32/h1-5,10-11,13-14H,6-9,12,25H2. The highest BCUT2D eigenvalue weighted by Gasteiger charge is 2.32. The molecule has 0 bridgehead atoms. The van der Waals surface area contributed by atoms with Crippen molar-refractivity contribution in [2.75, 3.05) is 26.2 Å². The minimum Gasteiger partial charge on any atom is -0.618 e. The number of aromatic nitrogens is 3. The fraction of sp³-hybridized carbons (Fsp3) is 0.217. The van der Waals surface area contributed by atoms with E-state index >= 15 is 0 Å². The van der Waals surface area contributed by atoms with Gasteiger partial charge in [-0.3, -0.25) is 4.79 Å². The van der Waals surface area contributed by atoms with Crippen molar-refractivity contribution < 1.29 is 17.9 Å². The first-order chi connectivity index (χ1) is 17.3. The minimum absolute atomic E-state index is 0.0763. The first kappa shape index (κ1) is 24.5. The molecule has 0 aliphatic carbocycles. The normalized spacial score (nSPS) is 14.9. The van der Waals surface area contributed by atoms with Crippen LogP contribution in [0.4, 0.5) is 0 Å². The second-order valence-corrected chi connectivity index (χ2v) is 11.8. The number of hydrogen-bond donors (Lipinski definition) is 1. The van der Waals surface area contributed by atoms with E-state index in [0.29, 0.717) is 15.4 Å². The van der Waals surface area contributed by atoms with Crippen molar-refractivity contribution in [3.63, 3.8) is 0 Å². The van der Waals surface area contributed by atoms with Gasteiger partial charge in [0.25, 0.3) is 21.6 Å². The summed E-state index contributed by atoms with van der Waals surface area (Å²) in [6.45, 7) is 0.881. The van der Waals surface area contributed by atoms with E-state index in [4.69, 9.17) is 17.3 Å². The molecule has 1 aliphatic heterocycles. The molecule has 1 fully saturated rings. The number of piperazine rings is 1. The van der Waals surface area contributed by atoms with Crippen molar-refractivity contribution in [2.24, 2.45) is 5.73 Å². The summed E-state index contributed by atoms with van der Waals surface area (Å²) in [5.74, 6) is -0.127. The summed E-state index contributed by atoms with van der Waals surface area (Å²) in [4.78, 5) is 22.9. The molecule has 0 saturated carbocycles. The second-order valence-electron chi connectivity index (χ2n) is 8.14. The Hall–Kier alpha value is -3.16. The largest absolute Gasteiger partial charge is 0.618 e. The molecular weight excluding hydrogens is 524 g/mol. The van der Waals surface area contributed by atoms with Gasteiger partial charge >= 0.3 is 0 Å². The van der Waals surface area contributed by atoms with E-state index in [1.165, 1.54) is 28.0 Å². The number of carbonyl (C=O) groups excluding carboxylic acids is 1. The number of amides is 1. The van der Waals surface area contributed by atoms with E-state index in [-0.39, 0.29) is 59.9 Å². The summed E-state index contributed by atoms with van der Waals surface area (Å²) in [5, 5.41) is 13.7. The van der Waals surface area contributed by atoms with Crippen molar-refractivity contribution >= 4 is 49.0 Å². The molecule has 0 unspecified atom stereocenters. The lowest BCUT2D eigenvalue weighted by molar-refractivity contribution is -0.602. The number of carbonyl (C=O) groups is 1. The number of thiophene rings is 1. The molecule has 0 atom stereocenters. The molecule has 10 nitrogen and oxygen atoms in total. The summed E-state index contributed by atoms with van der Waals surface area (Å²) >= 11 is 7.20. The fourth-order valence-corrected chi connectivity index (χ4v) is 7.23. The Bertz CT molecular complexity index is 1550. The summed E-state index contributed by atoms with van der Waals surface area (Å²) in [5.41, 5.74) is 6.45. The van der Waals surface area contributed by atoms with Crippen LogP contribution in [0.5, 0.6) is 0 Å². The first-order valence-electron chi connectivity index (χ1n) is 11.0. The molecule has 1 aromatic carbocycles. The van der Waals surface area contributed by atoms with Crippen LogP contribution in [0.2, 0.25) is 5.02 Å². The van der Waals surface area contributed by atoms with E-state index in [2.05, 4.69) is 9.97 Å². The second kappa shape index (κ2) is 9.71. The number of fused-ring (bicyclic) bond motifs is 1. The maximum absolute atomic E-state index is 13.2. The Morgan fingerprint density at radius 1 is 1.11 bits per heavy atom. The Morgan fingerprint density at radius 3 is 2.53 bits per heavy atom. The SMILES string of the molecule is NCc1cccc(-c2ncc(C(=O)N3CCN(S(=O)(=O)c4cc5ccc(Cl)cc5s4)CC3)cn2)[n+]1[O-]. The van der Waals surface area contributed by atoms with Gasteiger partial charge in [0.1, 0.15) is 4.21 Å². The van der Waals surface area contributed by atoms with Gasteiger partial charge in [-0.25, -0.2) is 18.4 Å². The molecule has 1 aliphatic rings. The van der Waals surface area contributed by atoms with Crippen LogP contribution in [0.1, 0.15) is 16.1 Å². The predicted octanol–water partition coefficient (Wildman–Crippen LogP) is 2.25. The molecule has 5 rings (SSSR count). The number of pyridine rings is 1. The first-order valence-corrected chi connectivity index (χ1v) is 13.6. The lowest BCUT2D eigenvalue weighted by Gasteiger charge is -2.33. The van der Waals surface area contributed by atoms with Crippen LogP contribution in [0.3, 0.4) is 0 Å². The average Bonchev–Trinajstić information content (AvgIpc) is 3.33. The number of nitrogens with two attached hydrogens (primary N) is 1. The van der Waals surface area contributed by atoms with E-state index in [9.17, 15) is 18.4 Å². The molecule has 36 heavy (non-hydrogen) atoms. The molecule has 4 heterocycles. The lowest BCUT2D eigenvalue weighted by Crippen LogP contribution is -2.50. The number of sulfonamides is 1. The molecular formula is C23H21ClN6O4S2. The molecule has 1 saturated heterocycles. The van der Waals surface area contributed by atoms with Gasteiger partial charge in [0.05, 0.1) is 12.1 Å². The summed E-state index contributed by atoms with van der Waals surface area (Å²) in [6, 6.07) is 11.8. The van der Waals surface area contributed by atoms with Crippen LogP contribution < -0.4 is 10.5 Å². The molecule has 186 valence electrons. The number of benzene rings is 1. The molecule has 1 amide bonds. The lowest BCUT2D eigenvalue weighted by atomic mass is 10.2. The van der Waals surface area contributed by atoms with Crippen LogP contribution in [0.25, 0.3) is 21.6 Å². The average molecular weight is 545 g/mol. The topological polar surface area (TPSA) is 136 Å². The van der Waals surface area contributed by atoms with Gasteiger partial charge in [-0.05, 0) is 29.7 Å². The third-order valence-corrected chi connectivity index (χ3v) is 9.62. The smallest absolute Gasteiger partial charge is 0.261 e. The summed E-state index contributed by atoms with van der Waals surface area (Å²) in [7, 11) is -3.69. The van der Waals surface area contributed by atoms with Crippen molar-refractivity contribution in [3.05, 3.63) is 76.3 Å². The number of hydrogen-bond acceptors (Lipinski definition) is 8. The summed E-state index contributed by atoms with van der Waals surface area (Å²) < 4.78 is 29.5. The van der Waals surface area contributed by atoms with Crippen LogP contribution in [0.15, 0.2) is 59.1 Å². The van der Waals surface area contributed by atoms with Crippen LogP contribution >= 0.6 is 22.9 Å². The highest BCUT2D eigenvalue weighted by molar-refractivity contribution is 7.91. The Morgan fingerprint density at radius 2 is 1.83 bits per heavy atom. The van der Waals surface area contributed by atoms with E-state index < -0.39 is 10.0 Å². The fourth-order valence-electron chi connectivity index (χ4n) is 3.98. The van der Waals surface area contributed by atoms with Crippen LogP contribution in [-0.4, -0.2) is 59.7 Å². The van der Waals surface area contributed by atoms with Gasteiger partial charge in [-0.1, -0.05) is 17.7 Å². The maximum atomic E-state index is 13.2. The molecule has 4 aromatic rings. The van der Waals surface area contributed by atoms with Crippen molar-refractivity contribution in [3.8, 4) is 11.5 Å². The molecule has 0 radical (unpaired) electrons. The Labute approximate surface area is 216 Å². The molecule has 13 heteroatoms. The quantitative estimate of drug-likeness (QED) is 0.300. The molecule has 2 N–H and O–H groups in total. The van der Waals surface area contributed by atoms with Crippen molar-refractivity contribution in [2.45, 2.75) is 10.8 Å². The van der Waals surface area contributed by atoms with Crippen LogP contribution in [0, 0.1) is 5.21 Å². The Balaban J connectivity index is 1.27. The van der Waals surface area contributed by atoms with E-state index in [1.807, 2.05) is 0 Å². The zero-order valence-electron chi connectivity index (χ0n) is 18.9. The van der Waals surface area contributed by atoms with Gasteiger partial charge in [0.2, 0.25) is 11.5 Å². The van der Waals surface area contributed by atoms with E-state index in [0.717, 1.165) is 10.1 Å². The van der Waals surface area contributed by atoms with Crippen LogP contribution in [-0.2, 0) is 16.6 Å². The number of rotatable bonds is 5. The number of halogens is 1. The van der Waals surface area contributed by atoms with Gasteiger partial charge in [-0.2, -0.15) is 9.04 Å². The Kier molecular flexibility index (Phi) is 6.62. The highest BCUT2D eigenvalue weighted by Crippen LogP contribution is 2.33. The maximum Gasteiger partial charge on any atom is 0.261 e. The minimum atomic E-state index is -3.69.